The molecule has 2 aromatic carbocycles. The van der Waals surface area contributed by atoms with Crippen LogP contribution in [0.2, 0.25) is 10.0 Å². The van der Waals surface area contributed by atoms with Gasteiger partial charge in [-0.15, -0.1) is 0 Å². The highest BCUT2D eigenvalue weighted by atomic mass is 35.5. The molecule has 3 rings (SSSR count). The Labute approximate surface area is 200 Å². The van der Waals surface area contributed by atoms with E-state index in [9.17, 15) is 27.9 Å². The summed E-state index contributed by atoms with van der Waals surface area (Å²) >= 11 is 12.1. The van der Waals surface area contributed by atoms with Gasteiger partial charge in [0.2, 0.25) is 5.91 Å². The summed E-state index contributed by atoms with van der Waals surface area (Å²) in [6, 6.07) is 10.4. The topological polar surface area (TPSA) is 66.4 Å². The predicted molar refractivity (Wildman–Crippen MR) is 122 cm³/mol. The van der Waals surface area contributed by atoms with Crippen LogP contribution in [0.15, 0.2) is 42.5 Å². The molecule has 1 fully saturated rings. The molecule has 0 radical (unpaired) electrons. The van der Waals surface area contributed by atoms with E-state index in [0.29, 0.717) is 10.6 Å². The van der Waals surface area contributed by atoms with E-state index < -0.39 is 35.3 Å². The molecule has 9 heteroatoms. The minimum Gasteiger partial charge on any atom is -0.481 e. The SMILES string of the molecule is C[C@H]([C@H](C(=O)Nc1cc(C(C)(CC(=O)O)C2CC2)ccc1Cl)c1ccc(Cl)cc1)C(F)(F)F. The standard InChI is InChI=1S/C24H24Cl2F3NO3/c1-13(24(27,28)29)21(14-3-8-17(25)9-4-14)22(33)30-19-11-16(7-10-18(19)26)23(2,12-20(31)32)15-5-6-15/h3-4,7-11,13,15,21H,5-6,12H2,1-2H3,(H,30,33)(H,31,32)/t13-,21+,23?/m1/s1. The van der Waals surface area contributed by atoms with E-state index in [-0.39, 0.29) is 28.6 Å². The van der Waals surface area contributed by atoms with Gasteiger partial charge in [0.15, 0.2) is 0 Å². The number of carboxylic acid groups (broad SMARTS) is 1. The fourth-order valence-electron chi connectivity index (χ4n) is 4.23. The maximum absolute atomic E-state index is 13.6. The molecular formula is C24H24Cl2F3NO3. The highest BCUT2D eigenvalue weighted by Gasteiger charge is 2.46. The molecule has 0 heterocycles. The first-order valence-electron chi connectivity index (χ1n) is 10.5. The van der Waals surface area contributed by atoms with Crippen molar-refractivity contribution in [3.8, 4) is 0 Å². The maximum atomic E-state index is 13.6. The second-order valence-electron chi connectivity index (χ2n) is 8.81. The summed E-state index contributed by atoms with van der Waals surface area (Å²) in [5, 5.41) is 12.4. The van der Waals surface area contributed by atoms with Crippen molar-refractivity contribution in [3.05, 3.63) is 63.6 Å². The summed E-state index contributed by atoms with van der Waals surface area (Å²) in [6.07, 6.45) is -2.95. The molecule has 3 atom stereocenters. The highest BCUT2D eigenvalue weighted by molar-refractivity contribution is 6.33. The fourth-order valence-corrected chi connectivity index (χ4v) is 4.52. The van der Waals surface area contributed by atoms with Crippen LogP contribution in [0.3, 0.4) is 0 Å². The average molecular weight is 502 g/mol. The van der Waals surface area contributed by atoms with Gasteiger partial charge in [-0.3, -0.25) is 9.59 Å². The lowest BCUT2D eigenvalue weighted by molar-refractivity contribution is -0.178. The number of hydrogen-bond acceptors (Lipinski definition) is 2. The summed E-state index contributed by atoms with van der Waals surface area (Å²) in [6.45, 7) is 2.80. The van der Waals surface area contributed by atoms with Gasteiger partial charge in [-0.05, 0) is 54.2 Å². The molecule has 1 saturated carbocycles. The third-order valence-corrected chi connectivity index (χ3v) is 6.99. The Hall–Kier alpha value is -2.25. The molecule has 1 unspecified atom stereocenters. The second kappa shape index (κ2) is 9.55. The fraction of sp³-hybridized carbons (Fsp3) is 0.417. The molecule has 2 N–H and O–H groups in total. The van der Waals surface area contributed by atoms with Crippen molar-refractivity contribution >= 4 is 40.8 Å². The van der Waals surface area contributed by atoms with Gasteiger partial charge in [0.05, 0.1) is 29.0 Å². The molecule has 0 aliphatic heterocycles. The molecule has 0 bridgehead atoms. The quantitative estimate of drug-likeness (QED) is 0.406. The van der Waals surface area contributed by atoms with Crippen LogP contribution >= 0.6 is 23.2 Å². The number of anilines is 1. The van der Waals surface area contributed by atoms with Gasteiger partial charge in [-0.1, -0.05) is 55.2 Å². The van der Waals surface area contributed by atoms with Crippen LogP contribution in [0, 0.1) is 11.8 Å². The number of alkyl halides is 3. The van der Waals surface area contributed by atoms with Crippen molar-refractivity contribution < 1.29 is 27.9 Å². The first-order valence-corrected chi connectivity index (χ1v) is 11.2. The summed E-state index contributed by atoms with van der Waals surface area (Å²) in [7, 11) is 0. The van der Waals surface area contributed by atoms with E-state index in [1.54, 1.807) is 12.1 Å². The Kier molecular flexibility index (Phi) is 7.34. The van der Waals surface area contributed by atoms with E-state index in [0.717, 1.165) is 19.8 Å². The highest BCUT2D eigenvalue weighted by Crippen LogP contribution is 2.50. The number of amides is 1. The van der Waals surface area contributed by atoms with Crippen molar-refractivity contribution in [2.24, 2.45) is 11.8 Å². The zero-order chi connectivity index (χ0) is 24.6. The van der Waals surface area contributed by atoms with Crippen LogP contribution < -0.4 is 5.32 Å². The number of halogens is 5. The van der Waals surface area contributed by atoms with Crippen molar-refractivity contribution in [2.45, 2.75) is 50.6 Å². The molecule has 1 amide bonds. The van der Waals surface area contributed by atoms with Gasteiger partial charge >= 0.3 is 12.1 Å². The number of aliphatic carboxylic acids is 1. The van der Waals surface area contributed by atoms with Crippen molar-refractivity contribution in [1.82, 2.24) is 0 Å². The summed E-state index contributed by atoms with van der Waals surface area (Å²) in [5.74, 6) is -5.15. The monoisotopic (exact) mass is 501 g/mol. The lowest BCUT2D eigenvalue weighted by Gasteiger charge is -2.30. The minimum atomic E-state index is -4.61. The van der Waals surface area contributed by atoms with Gasteiger partial charge in [-0.25, -0.2) is 0 Å². The number of hydrogen-bond donors (Lipinski definition) is 2. The molecule has 0 saturated heterocycles. The smallest absolute Gasteiger partial charge is 0.392 e. The summed E-state index contributed by atoms with van der Waals surface area (Å²) in [5.41, 5.74) is 0.302. The number of carbonyl (C=O) groups excluding carboxylic acids is 1. The normalized spacial score (nSPS) is 17.7. The van der Waals surface area contributed by atoms with E-state index in [2.05, 4.69) is 5.32 Å². The van der Waals surface area contributed by atoms with Gasteiger partial charge in [0.25, 0.3) is 0 Å². The van der Waals surface area contributed by atoms with Crippen LogP contribution in [0.5, 0.6) is 0 Å². The third kappa shape index (κ3) is 5.82. The second-order valence-corrected chi connectivity index (χ2v) is 9.65. The van der Waals surface area contributed by atoms with Crippen LogP contribution in [-0.2, 0) is 15.0 Å². The van der Waals surface area contributed by atoms with E-state index in [1.165, 1.54) is 30.3 Å². The molecule has 178 valence electrons. The van der Waals surface area contributed by atoms with Crippen LogP contribution in [-0.4, -0.2) is 23.2 Å². The van der Waals surface area contributed by atoms with E-state index in [4.69, 9.17) is 23.2 Å². The third-order valence-electron chi connectivity index (χ3n) is 6.41. The van der Waals surface area contributed by atoms with Crippen molar-refractivity contribution in [1.29, 1.82) is 0 Å². The molecule has 1 aliphatic rings. The maximum Gasteiger partial charge on any atom is 0.392 e. The number of rotatable bonds is 8. The summed E-state index contributed by atoms with van der Waals surface area (Å²) in [4.78, 5) is 24.6. The molecule has 4 nitrogen and oxygen atoms in total. The van der Waals surface area contributed by atoms with Gasteiger partial charge in [0.1, 0.15) is 0 Å². The minimum absolute atomic E-state index is 0.106. The Morgan fingerprint density at radius 1 is 1.12 bits per heavy atom. The first-order chi connectivity index (χ1) is 15.3. The number of carboxylic acids is 1. The average Bonchev–Trinajstić information content (AvgIpc) is 3.56. The predicted octanol–water partition coefficient (Wildman–Crippen LogP) is 7.06. The van der Waals surface area contributed by atoms with Crippen LogP contribution in [0.1, 0.15) is 50.2 Å². The zero-order valence-electron chi connectivity index (χ0n) is 18.0. The largest absolute Gasteiger partial charge is 0.481 e. The lowest BCUT2D eigenvalue weighted by Crippen LogP contribution is -2.34. The molecule has 0 aromatic heterocycles. The molecule has 33 heavy (non-hydrogen) atoms. The summed E-state index contributed by atoms with van der Waals surface area (Å²) < 4.78 is 40.8. The van der Waals surface area contributed by atoms with Gasteiger partial charge in [0, 0.05) is 10.4 Å². The molecular weight excluding hydrogens is 478 g/mol. The molecule has 0 spiro atoms. The number of carbonyl (C=O) groups is 2. The number of benzene rings is 2. The van der Waals surface area contributed by atoms with Gasteiger partial charge < -0.3 is 10.4 Å². The van der Waals surface area contributed by atoms with Crippen LogP contribution in [0.4, 0.5) is 18.9 Å². The van der Waals surface area contributed by atoms with E-state index >= 15 is 0 Å². The molecule has 1 aliphatic carbocycles. The van der Waals surface area contributed by atoms with Gasteiger partial charge in [-0.2, -0.15) is 13.2 Å². The number of nitrogens with one attached hydrogen (secondary N) is 1. The molecule has 2 aromatic rings. The Balaban J connectivity index is 1.96. The van der Waals surface area contributed by atoms with Crippen molar-refractivity contribution in [3.63, 3.8) is 0 Å². The Morgan fingerprint density at radius 2 is 1.73 bits per heavy atom. The lowest BCUT2D eigenvalue weighted by atomic mass is 9.75. The Morgan fingerprint density at radius 3 is 2.24 bits per heavy atom. The van der Waals surface area contributed by atoms with Crippen LogP contribution in [0.25, 0.3) is 0 Å². The van der Waals surface area contributed by atoms with E-state index in [1.807, 2.05) is 6.92 Å². The Bertz CT molecular complexity index is 1040. The first kappa shape index (κ1) is 25.4. The zero-order valence-corrected chi connectivity index (χ0v) is 19.6. The van der Waals surface area contributed by atoms with Crippen molar-refractivity contribution in [2.75, 3.05) is 5.32 Å².